The Kier molecular flexibility index (Phi) is 4.82. The molecule has 0 unspecified atom stereocenters. The topological polar surface area (TPSA) is 67.2 Å². The lowest BCUT2D eigenvalue weighted by Gasteiger charge is -2.29. The number of nitrogens with one attached hydrogen (secondary N) is 1. The Morgan fingerprint density at radius 2 is 1.96 bits per heavy atom. The Bertz CT molecular complexity index is 839. The van der Waals surface area contributed by atoms with Crippen molar-refractivity contribution in [3.05, 3.63) is 22.7 Å². The van der Waals surface area contributed by atoms with Crippen LogP contribution in [0.2, 0.25) is 5.02 Å². The molecule has 6 heteroatoms. The summed E-state index contributed by atoms with van der Waals surface area (Å²) in [5, 5.41) is 13.9. The highest BCUT2D eigenvalue weighted by molar-refractivity contribution is 6.32. The van der Waals surface area contributed by atoms with Gasteiger partial charge in [0.25, 0.3) is 0 Å². The number of aromatic nitrogens is 2. The molecule has 1 saturated carbocycles. The largest absolute Gasteiger partial charge is 0.386 e. The first-order valence-electron chi connectivity index (χ1n) is 9.20. The summed E-state index contributed by atoms with van der Waals surface area (Å²) in [5.41, 5.74) is 1.17. The third-order valence-electron chi connectivity index (χ3n) is 4.82. The fourth-order valence-electron chi connectivity index (χ4n) is 3.34. The molecule has 1 aliphatic rings. The molecule has 0 bridgehead atoms. The lowest BCUT2D eigenvalue weighted by molar-refractivity contribution is -0.117. The molecule has 3 rings (SSSR count). The molecule has 2 N–H and O–H groups in total. The number of aliphatic hydroxyl groups is 1. The minimum atomic E-state index is -1.05. The summed E-state index contributed by atoms with van der Waals surface area (Å²) in [6.07, 6.45) is 3.73. The number of hydrogen-bond acceptors (Lipinski definition) is 3. The lowest BCUT2D eigenvalue weighted by atomic mass is 9.91. The van der Waals surface area contributed by atoms with Crippen LogP contribution in [0.5, 0.6) is 0 Å². The summed E-state index contributed by atoms with van der Waals surface area (Å²) in [6, 6.07) is 4.00. The smallest absolute Gasteiger partial charge is 0.227 e. The van der Waals surface area contributed by atoms with Gasteiger partial charge in [-0.1, -0.05) is 32.4 Å². The second kappa shape index (κ2) is 6.54. The second-order valence-corrected chi connectivity index (χ2v) is 9.46. The van der Waals surface area contributed by atoms with Crippen molar-refractivity contribution in [2.45, 2.75) is 71.9 Å². The van der Waals surface area contributed by atoms with E-state index in [0.717, 1.165) is 23.9 Å². The monoisotopic (exact) mass is 377 g/mol. The molecule has 0 saturated heterocycles. The van der Waals surface area contributed by atoms with E-state index < -0.39 is 5.60 Å². The summed E-state index contributed by atoms with van der Waals surface area (Å²) in [6.45, 7) is 9.55. The number of nitrogens with zero attached hydrogens (tertiary/aromatic N) is 2. The Morgan fingerprint density at radius 3 is 2.46 bits per heavy atom. The van der Waals surface area contributed by atoms with Crippen LogP contribution < -0.4 is 5.32 Å². The molecule has 0 spiro atoms. The number of halogens is 1. The van der Waals surface area contributed by atoms with Crippen molar-refractivity contribution >= 4 is 34.5 Å². The molecule has 0 atom stereocenters. The van der Waals surface area contributed by atoms with Gasteiger partial charge in [0, 0.05) is 23.0 Å². The van der Waals surface area contributed by atoms with E-state index in [2.05, 4.69) is 14.9 Å². The number of carbonyl (C=O) groups excluding carboxylic acids is 1. The molecule has 1 heterocycles. The molecule has 1 aliphatic carbocycles. The van der Waals surface area contributed by atoms with Gasteiger partial charge in [-0.25, -0.2) is 4.98 Å². The number of fused-ring (bicyclic) bond motifs is 1. The third-order valence-corrected chi connectivity index (χ3v) is 5.13. The van der Waals surface area contributed by atoms with Gasteiger partial charge in [0.2, 0.25) is 11.9 Å². The van der Waals surface area contributed by atoms with E-state index in [1.165, 1.54) is 6.42 Å². The number of carbonyl (C=O) groups is 1. The number of benzene rings is 1. The maximum absolute atomic E-state index is 12.4. The molecule has 1 aromatic carbocycles. The first kappa shape index (κ1) is 19.2. The van der Waals surface area contributed by atoms with E-state index in [9.17, 15) is 9.90 Å². The van der Waals surface area contributed by atoms with E-state index in [1.807, 2.05) is 26.8 Å². The zero-order valence-corrected chi connectivity index (χ0v) is 16.9. The number of rotatable bonds is 4. The van der Waals surface area contributed by atoms with Crippen molar-refractivity contribution in [2.24, 2.45) is 5.41 Å². The first-order chi connectivity index (χ1) is 12.0. The van der Waals surface area contributed by atoms with Gasteiger partial charge in [-0.15, -0.1) is 0 Å². The zero-order chi connectivity index (χ0) is 19.3. The van der Waals surface area contributed by atoms with Crippen molar-refractivity contribution in [1.82, 2.24) is 9.55 Å². The minimum absolute atomic E-state index is 0.0396. The van der Waals surface area contributed by atoms with Crippen LogP contribution in [0.15, 0.2) is 12.1 Å². The highest BCUT2D eigenvalue weighted by Gasteiger charge is 2.28. The Morgan fingerprint density at radius 1 is 1.31 bits per heavy atom. The lowest BCUT2D eigenvalue weighted by Crippen LogP contribution is -2.24. The average Bonchev–Trinajstić information content (AvgIpc) is 2.70. The van der Waals surface area contributed by atoms with Gasteiger partial charge in [-0.2, -0.15) is 0 Å². The molecule has 0 radical (unpaired) electrons. The molecule has 1 amide bonds. The van der Waals surface area contributed by atoms with Crippen LogP contribution in [0.4, 0.5) is 5.95 Å². The van der Waals surface area contributed by atoms with Crippen LogP contribution in [0.1, 0.15) is 71.9 Å². The molecule has 5 nitrogen and oxygen atoms in total. The Balaban J connectivity index is 2.07. The SMILES string of the molecule is CC(C)(C)CC(=O)Nc1nc2cc(Cl)c(C(C)(C)O)cc2n1C1CCC1. The van der Waals surface area contributed by atoms with Crippen molar-refractivity contribution in [1.29, 1.82) is 0 Å². The minimum Gasteiger partial charge on any atom is -0.386 e. The first-order valence-corrected chi connectivity index (χ1v) is 9.58. The summed E-state index contributed by atoms with van der Waals surface area (Å²) in [5.74, 6) is 0.533. The van der Waals surface area contributed by atoms with Gasteiger partial charge in [-0.05, 0) is 50.7 Å². The summed E-state index contributed by atoms with van der Waals surface area (Å²) < 4.78 is 2.10. The van der Waals surface area contributed by atoms with Crippen LogP contribution in [0.25, 0.3) is 11.0 Å². The van der Waals surface area contributed by atoms with Gasteiger partial charge < -0.3 is 9.67 Å². The van der Waals surface area contributed by atoms with Crippen molar-refractivity contribution < 1.29 is 9.90 Å². The van der Waals surface area contributed by atoms with E-state index in [-0.39, 0.29) is 11.3 Å². The molecular weight excluding hydrogens is 350 g/mol. The van der Waals surface area contributed by atoms with Gasteiger partial charge in [0.1, 0.15) is 0 Å². The van der Waals surface area contributed by atoms with Crippen molar-refractivity contribution in [3.8, 4) is 0 Å². The highest BCUT2D eigenvalue weighted by Crippen LogP contribution is 2.40. The van der Waals surface area contributed by atoms with Crippen molar-refractivity contribution in [3.63, 3.8) is 0 Å². The standard InChI is InChI=1S/C20H28ClN3O2/c1-19(2,3)11-17(25)23-18-22-15-10-14(21)13(20(4,5)26)9-16(15)24(18)12-7-6-8-12/h9-10,12,26H,6-8,11H2,1-5H3,(H,22,23,25). The van der Waals surface area contributed by atoms with E-state index in [1.54, 1.807) is 19.9 Å². The maximum Gasteiger partial charge on any atom is 0.227 e. The van der Waals surface area contributed by atoms with Crippen LogP contribution in [0.3, 0.4) is 0 Å². The van der Waals surface area contributed by atoms with E-state index in [0.29, 0.717) is 29.0 Å². The van der Waals surface area contributed by atoms with Crippen molar-refractivity contribution in [2.75, 3.05) is 5.32 Å². The number of amides is 1. The highest BCUT2D eigenvalue weighted by atomic mass is 35.5. The number of imidazole rings is 1. The van der Waals surface area contributed by atoms with E-state index >= 15 is 0 Å². The Hall–Kier alpha value is -1.59. The van der Waals surface area contributed by atoms with Crippen LogP contribution in [0, 0.1) is 5.41 Å². The predicted octanol–water partition coefficient (Wildman–Crippen LogP) is 5.02. The van der Waals surface area contributed by atoms with Gasteiger partial charge >= 0.3 is 0 Å². The number of anilines is 1. The van der Waals surface area contributed by atoms with Gasteiger partial charge in [0.05, 0.1) is 16.6 Å². The molecule has 1 fully saturated rings. The average molecular weight is 378 g/mol. The maximum atomic E-state index is 12.4. The Labute approximate surface area is 159 Å². The van der Waals surface area contributed by atoms with Crippen LogP contribution in [-0.2, 0) is 10.4 Å². The van der Waals surface area contributed by atoms with Gasteiger partial charge in [-0.3, -0.25) is 10.1 Å². The third kappa shape index (κ3) is 3.89. The number of hydrogen-bond donors (Lipinski definition) is 2. The predicted molar refractivity (Wildman–Crippen MR) is 106 cm³/mol. The molecule has 1 aromatic heterocycles. The van der Waals surface area contributed by atoms with E-state index in [4.69, 9.17) is 11.6 Å². The molecule has 0 aliphatic heterocycles. The molecular formula is C20H28ClN3O2. The van der Waals surface area contributed by atoms with Gasteiger partial charge in [0.15, 0.2) is 0 Å². The second-order valence-electron chi connectivity index (χ2n) is 9.06. The molecule has 26 heavy (non-hydrogen) atoms. The summed E-state index contributed by atoms with van der Waals surface area (Å²) in [4.78, 5) is 17.1. The summed E-state index contributed by atoms with van der Waals surface area (Å²) in [7, 11) is 0. The molecule has 142 valence electrons. The quantitative estimate of drug-likeness (QED) is 0.786. The fourth-order valence-corrected chi connectivity index (χ4v) is 3.73. The summed E-state index contributed by atoms with van der Waals surface area (Å²) >= 11 is 6.37. The van der Waals surface area contributed by atoms with Crippen LogP contribution >= 0.6 is 11.6 Å². The normalized spacial score (nSPS) is 16.0. The fraction of sp³-hybridized carbons (Fsp3) is 0.600. The molecule has 2 aromatic rings. The zero-order valence-electron chi connectivity index (χ0n) is 16.2. The van der Waals surface area contributed by atoms with Crippen LogP contribution in [-0.4, -0.2) is 20.6 Å².